The quantitative estimate of drug-likeness (QED) is 0.799. The van der Waals surface area contributed by atoms with E-state index in [0.717, 1.165) is 16.8 Å². The summed E-state index contributed by atoms with van der Waals surface area (Å²) in [6.45, 7) is 3.29. The lowest BCUT2D eigenvalue weighted by Gasteiger charge is -2.28. The fraction of sp³-hybridized carbons (Fsp3) is 0.278. The van der Waals surface area contributed by atoms with Gasteiger partial charge in [0.05, 0.1) is 18.9 Å². The number of hydrogen-bond donors (Lipinski definition) is 0. The monoisotopic (exact) mass is 299 g/mol. The summed E-state index contributed by atoms with van der Waals surface area (Å²) in [5.74, 6) is 0.0627. The predicted octanol–water partition coefficient (Wildman–Crippen LogP) is 4.13. The molecule has 3 nitrogen and oxygen atoms in total. The van der Waals surface area contributed by atoms with Crippen molar-refractivity contribution >= 4 is 0 Å². The van der Waals surface area contributed by atoms with Crippen molar-refractivity contribution in [3.05, 3.63) is 66.1 Å². The van der Waals surface area contributed by atoms with Gasteiger partial charge in [-0.2, -0.15) is 0 Å². The Bertz CT molecular complexity index is 629. The zero-order valence-corrected chi connectivity index (χ0v) is 12.4. The van der Waals surface area contributed by atoms with Gasteiger partial charge in [-0.1, -0.05) is 18.2 Å². The van der Waals surface area contributed by atoms with Crippen molar-refractivity contribution < 1.29 is 13.9 Å². The number of pyridine rings is 1. The SMILES string of the molecule is C/C=C/C1COC(c2ccc(-c3ccc(F)cc3)nc2)OC1. The highest BCUT2D eigenvalue weighted by Crippen LogP contribution is 2.26. The van der Waals surface area contributed by atoms with Gasteiger partial charge in [0.1, 0.15) is 5.82 Å². The van der Waals surface area contributed by atoms with Crippen molar-refractivity contribution in [2.45, 2.75) is 13.2 Å². The van der Waals surface area contributed by atoms with Crippen LogP contribution >= 0.6 is 0 Å². The summed E-state index contributed by atoms with van der Waals surface area (Å²) >= 11 is 0. The largest absolute Gasteiger partial charge is 0.348 e. The number of halogens is 1. The Balaban J connectivity index is 1.68. The molecule has 0 N–H and O–H groups in total. The number of rotatable bonds is 3. The van der Waals surface area contributed by atoms with Crippen molar-refractivity contribution in [3.8, 4) is 11.3 Å². The maximum atomic E-state index is 12.9. The number of allylic oxidation sites excluding steroid dienone is 1. The van der Waals surface area contributed by atoms with Gasteiger partial charge in [0.15, 0.2) is 6.29 Å². The fourth-order valence-electron chi connectivity index (χ4n) is 2.43. The van der Waals surface area contributed by atoms with Crippen molar-refractivity contribution in [2.24, 2.45) is 5.92 Å². The van der Waals surface area contributed by atoms with Crippen molar-refractivity contribution in [1.82, 2.24) is 4.98 Å². The number of aromatic nitrogens is 1. The Hall–Kier alpha value is -2.04. The van der Waals surface area contributed by atoms with Crippen LogP contribution in [0, 0.1) is 11.7 Å². The third kappa shape index (κ3) is 3.40. The van der Waals surface area contributed by atoms with E-state index in [0.29, 0.717) is 19.1 Å². The molecule has 0 amide bonds. The zero-order chi connectivity index (χ0) is 15.4. The highest BCUT2D eigenvalue weighted by molar-refractivity contribution is 5.58. The molecule has 0 saturated carbocycles. The van der Waals surface area contributed by atoms with Crippen LogP contribution in [0.15, 0.2) is 54.7 Å². The van der Waals surface area contributed by atoms with E-state index in [9.17, 15) is 4.39 Å². The molecule has 2 aromatic rings. The zero-order valence-electron chi connectivity index (χ0n) is 12.4. The molecule has 0 bridgehead atoms. The molecular formula is C18H18FNO2. The number of ether oxygens (including phenoxy) is 2. The summed E-state index contributed by atoms with van der Waals surface area (Å²) in [5, 5.41) is 0. The van der Waals surface area contributed by atoms with Gasteiger partial charge < -0.3 is 9.47 Å². The maximum Gasteiger partial charge on any atom is 0.185 e. The molecule has 0 aliphatic carbocycles. The van der Waals surface area contributed by atoms with Gasteiger partial charge in [-0.15, -0.1) is 0 Å². The molecule has 22 heavy (non-hydrogen) atoms. The van der Waals surface area contributed by atoms with Gasteiger partial charge in [-0.05, 0) is 37.3 Å². The first kappa shape index (κ1) is 14.9. The van der Waals surface area contributed by atoms with Crippen LogP contribution in [0.3, 0.4) is 0 Å². The third-order valence-corrected chi connectivity index (χ3v) is 3.59. The Morgan fingerprint density at radius 3 is 2.41 bits per heavy atom. The van der Waals surface area contributed by atoms with Gasteiger partial charge in [0, 0.05) is 23.2 Å². The van der Waals surface area contributed by atoms with E-state index in [1.54, 1.807) is 18.3 Å². The van der Waals surface area contributed by atoms with Crippen LogP contribution in [0.5, 0.6) is 0 Å². The van der Waals surface area contributed by atoms with Crippen LogP contribution in [0.1, 0.15) is 18.8 Å². The molecule has 1 aliphatic heterocycles. The van der Waals surface area contributed by atoms with Crippen molar-refractivity contribution in [1.29, 1.82) is 0 Å². The van der Waals surface area contributed by atoms with Crippen LogP contribution in [0.4, 0.5) is 4.39 Å². The summed E-state index contributed by atoms with van der Waals surface area (Å²) in [6, 6.07) is 10.1. The summed E-state index contributed by atoms with van der Waals surface area (Å²) in [4.78, 5) is 4.41. The van der Waals surface area contributed by atoms with E-state index in [2.05, 4.69) is 11.1 Å². The lowest BCUT2D eigenvalue weighted by molar-refractivity contribution is -0.197. The van der Waals surface area contributed by atoms with Gasteiger partial charge in [-0.25, -0.2) is 4.39 Å². The highest BCUT2D eigenvalue weighted by Gasteiger charge is 2.22. The summed E-state index contributed by atoms with van der Waals surface area (Å²) in [7, 11) is 0. The highest BCUT2D eigenvalue weighted by atomic mass is 19.1. The second-order valence-electron chi connectivity index (χ2n) is 5.27. The molecule has 0 atom stereocenters. The van der Waals surface area contributed by atoms with E-state index < -0.39 is 0 Å². The number of hydrogen-bond acceptors (Lipinski definition) is 3. The van der Waals surface area contributed by atoms with Crippen LogP contribution in [-0.4, -0.2) is 18.2 Å². The molecule has 1 aromatic carbocycles. The summed E-state index contributed by atoms with van der Waals surface area (Å²) in [5.41, 5.74) is 2.57. The molecule has 114 valence electrons. The Labute approximate surface area is 129 Å². The molecular weight excluding hydrogens is 281 g/mol. The molecule has 0 unspecified atom stereocenters. The Morgan fingerprint density at radius 1 is 1.09 bits per heavy atom. The van der Waals surface area contributed by atoms with Crippen molar-refractivity contribution in [3.63, 3.8) is 0 Å². The molecule has 2 heterocycles. The fourth-order valence-corrected chi connectivity index (χ4v) is 2.43. The molecule has 4 heteroatoms. The van der Waals surface area contributed by atoms with Gasteiger partial charge >= 0.3 is 0 Å². The molecule has 0 spiro atoms. The number of nitrogens with zero attached hydrogens (tertiary/aromatic N) is 1. The minimum atomic E-state index is -0.365. The minimum Gasteiger partial charge on any atom is -0.348 e. The van der Waals surface area contributed by atoms with E-state index in [1.807, 2.05) is 25.1 Å². The van der Waals surface area contributed by atoms with E-state index in [-0.39, 0.29) is 12.1 Å². The molecule has 1 fully saturated rings. The minimum absolute atomic E-state index is 0.250. The first-order chi connectivity index (χ1) is 10.8. The lowest BCUT2D eigenvalue weighted by Crippen LogP contribution is -2.25. The van der Waals surface area contributed by atoms with Gasteiger partial charge in [0.25, 0.3) is 0 Å². The first-order valence-corrected chi connectivity index (χ1v) is 7.34. The normalized spacial score (nSPS) is 22.1. The lowest BCUT2D eigenvalue weighted by atomic mass is 10.1. The van der Waals surface area contributed by atoms with Crippen molar-refractivity contribution in [2.75, 3.05) is 13.2 Å². The van der Waals surface area contributed by atoms with Crippen LogP contribution in [-0.2, 0) is 9.47 Å². The molecule has 1 aliphatic rings. The predicted molar refractivity (Wildman–Crippen MR) is 82.6 cm³/mol. The molecule has 0 radical (unpaired) electrons. The second kappa shape index (κ2) is 6.81. The topological polar surface area (TPSA) is 31.4 Å². The van der Waals surface area contributed by atoms with Gasteiger partial charge in [-0.3, -0.25) is 4.98 Å². The Kier molecular flexibility index (Phi) is 4.61. The van der Waals surface area contributed by atoms with E-state index >= 15 is 0 Å². The van der Waals surface area contributed by atoms with Crippen LogP contribution in [0.2, 0.25) is 0 Å². The Morgan fingerprint density at radius 2 is 1.82 bits per heavy atom. The maximum absolute atomic E-state index is 12.9. The van der Waals surface area contributed by atoms with E-state index in [1.165, 1.54) is 12.1 Å². The van der Waals surface area contributed by atoms with Crippen LogP contribution < -0.4 is 0 Å². The standard InChI is InChI=1S/C18H18FNO2/c1-2-3-13-11-21-18(22-12-13)15-6-9-17(20-10-15)14-4-7-16(19)8-5-14/h2-10,13,18H,11-12H2,1H3/b3-2+. The van der Waals surface area contributed by atoms with Gasteiger partial charge in [0.2, 0.25) is 0 Å². The molecule has 3 rings (SSSR count). The van der Waals surface area contributed by atoms with Crippen LogP contribution in [0.25, 0.3) is 11.3 Å². The molecule has 1 saturated heterocycles. The number of benzene rings is 1. The molecule has 1 aromatic heterocycles. The third-order valence-electron chi connectivity index (χ3n) is 3.59. The average Bonchev–Trinajstić information content (AvgIpc) is 2.57. The first-order valence-electron chi connectivity index (χ1n) is 7.34. The van der Waals surface area contributed by atoms with E-state index in [4.69, 9.17) is 9.47 Å². The summed E-state index contributed by atoms with van der Waals surface area (Å²) in [6.07, 6.45) is 5.48. The average molecular weight is 299 g/mol. The summed E-state index contributed by atoms with van der Waals surface area (Å²) < 4.78 is 24.4. The second-order valence-corrected chi connectivity index (χ2v) is 5.27. The smallest absolute Gasteiger partial charge is 0.185 e.